The number of sulfonamides is 1. The van der Waals surface area contributed by atoms with Gasteiger partial charge in [-0.1, -0.05) is 6.07 Å². The molecule has 0 N–H and O–H groups in total. The van der Waals surface area contributed by atoms with E-state index >= 15 is 0 Å². The van der Waals surface area contributed by atoms with Crippen molar-refractivity contribution >= 4 is 15.7 Å². The number of halogens is 3. The van der Waals surface area contributed by atoms with Gasteiger partial charge in [-0.15, -0.1) is 10.2 Å². The molecule has 1 saturated carbocycles. The van der Waals surface area contributed by atoms with Crippen molar-refractivity contribution in [2.75, 3.05) is 32.8 Å². The normalized spacial score (nSPS) is 19.1. The van der Waals surface area contributed by atoms with E-state index in [1.807, 2.05) is 19.1 Å². The second kappa shape index (κ2) is 11.7. The summed E-state index contributed by atoms with van der Waals surface area (Å²) in [6, 6.07) is 6.90. The van der Waals surface area contributed by atoms with Crippen LogP contribution in [0.25, 0.3) is 5.65 Å². The fraction of sp³-hybridized carbons (Fsp3) is 0.500. The molecular formula is C32H36F3N7O4S. The number of ether oxygens (including phenoxy) is 2. The van der Waals surface area contributed by atoms with Crippen LogP contribution in [0.2, 0.25) is 0 Å². The summed E-state index contributed by atoms with van der Waals surface area (Å²) >= 11 is 0. The number of hydrogen-bond acceptors (Lipinski definition) is 9. The highest BCUT2D eigenvalue weighted by Gasteiger charge is 2.53. The maximum Gasteiger partial charge on any atom is 0.452 e. The first-order valence-corrected chi connectivity index (χ1v) is 17.2. The van der Waals surface area contributed by atoms with Crippen molar-refractivity contribution in [2.24, 2.45) is 0 Å². The number of rotatable bonds is 8. The van der Waals surface area contributed by atoms with Gasteiger partial charge in [-0.3, -0.25) is 14.3 Å². The van der Waals surface area contributed by atoms with Crippen molar-refractivity contribution in [1.29, 1.82) is 0 Å². The summed E-state index contributed by atoms with van der Waals surface area (Å²) in [4.78, 5) is 11.8. The number of hydrogen-bond donors (Lipinski definition) is 0. The minimum absolute atomic E-state index is 0.00920. The summed E-state index contributed by atoms with van der Waals surface area (Å²) in [5.74, 6) is -0.637. The molecule has 4 aromatic rings. The summed E-state index contributed by atoms with van der Waals surface area (Å²) < 4.78 is 83.0. The van der Waals surface area contributed by atoms with Crippen molar-refractivity contribution in [1.82, 2.24) is 33.8 Å². The lowest BCUT2D eigenvalue weighted by molar-refractivity contribution is -0.145. The van der Waals surface area contributed by atoms with Crippen molar-refractivity contribution in [3.05, 3.63) is 69.9 Å². The molecule has 0 radical (unpaired) electrons. The predicted molar refractivity (Wildman–Crippen MR) is 165 cm³/mol. The van der Waals surface area contributed by atoms with Crippen molar-refractivity contribution in [3.8, 4) is 11.8 Å². The van der Waals surface area contributed by atoms with Crippen LogP contribution < -0.4 is 9.47 Å². The molecule has 4 aromatic heterocycles. The maximum absolute atomic E-state index is 14.2. The van der Waals surface area contributed by atoms with Crippen molar-refractivity contribution in [3.63, 3.8) is 0 Å². The molecule has 11 nitrogen and oxygen atoms in total. The third-order valence-corrected chi connectivity index (χ3v) is 11.1. The van der Waals surface area contributed by atoms with Crippen molar-refractivity contribution < 1.29 is 31.1 Å². The molecular weight excluding hydrogens is 635 g/mol. The number of aromatic nitrogens is 5. The van der Waals surface area contributed by atoms with Gasteiger partial charge < -0.3 is 9.47 Å². The molecule has 0 bridgehead atoms. The molecule has 1 aliphatic carbocycles. The van der Waals surface area contributed by atoms with E-state index in [0.717, 1.165) is 35.2 Å². The zero-order valence-corrected chi connectivity index (χ0v) is 27.3. The Bertz CT molecular complexity index is 1950. The summed E-state index contributed by atoms with van der Waals surface area (Å²) in [5, 5.41) is 7.12. The number of alkyl halides is 3. The van der Waals surface area contributed by atoms with E-state index < -0.39 is 27.6 Å². The van der Waals surface area contributed by atoms with Gasteiger partial charge in [-0.25, -0.2) is 8.42 Å². The zero-order valence-electron chi connectivity index (χ0n) is 26.5. The molecule has 0 aromatic carbocycles. The predicted octanol–water partition coefficient (Wildman–Crippen LogP) is 4.64. The molecule has 6 heterocycles. The van der Waals surface area contributed by atoms with E-state index in [9.17, 15) is 21.6 Å². The van der Waals surface area contributed by atoms with Gasteiger partial charge in [0, 0.05) is 30.4 Å². The molecule has 250 valence electrons. The number of fused-ring (bicyclic) bond motifs is 2. The van der Waals surface area contributed by atoms with Crippen LogP contribution in [0.3, 0.4) is 0 Å². The van der Waals surface area contributed by atoms with Crippen LogP contribution in [-0.4, -0.2) is 80.6 Å². The van der Waals surface area contributed by atoms with Gasteiger partial charge in [0.25, 0.3) is 0 Å². The van der Waals surface area contributed by atoms with Gasteiger partial charge in [0.15, 0.2) is 5.65 Å². The Balaban J connectivity index is 1.14. The minimum Gasteiger partial charge on any atom is -0.476 e. The zero-order chi connectivity index (χ0) is 33.1. The second-order valence-corrected chi connectivity index (χ2v) is 14.7. The van der Waals surface area contributed by atoms with E-state index in [1.165, 1.54) is 23.3 Å². The van der Waals surface area contributed by atoms with Crippen LogP contribution in [0, 0.1) is 20.8 Å². The molecule has 1 saturated heterocycles. The molecule has 15 heteroatoms. The molecule has 7 rings (SSSR count). The van der Waals surface area contributed by atoms with Crippen LogP contribution in [0.15, 0.2) is 35.4 Å². The lowest BCUT2D eigenvalue weighted by atomic mass is 10.0. The number of nitrogens with zero attached hydrogens (tertiary/aromatic N) is 7. The van der Waals surface area contributed by atoms with E-state index in [-0.39, 0.29) is 29.5 Å². The maximum atomic E-state index is 14.2. The minimum atomic E-state index is -4.63. The highest BCUT2D eigenvalue weighted by molar-refractivity contribution is 7.89. The molecule has 2 aliphatic heterocycles. The highest BCUT2D eigenvalue weighted by Crippen LogP contribution is 2.47. The first-order chi connectivity index (χ1) is 22.3. The molecule has 2 fully saturated rings. The molecule has 0 amide bonds. The van der Waals surface area contributed by atoms with Gasteiger partial charge >= 0.3 is 6.18 Å². The lowest BCUT2D eigenvalue weighted by Gasteiger charge is -2.23. The first kappa shape index (κ1) is 31.8. The topological polar surface area (TPSA) is 115 Å². The van der Waals surface area contributed by atoms with Gasteiger partial charge in [-0.2, -0.15) is 22.5 Å². The third kappa shape index (κ3) is 6.16. The molecule has 1 spiro atoms. The lowest BCUT2D eigenvalue weighted by Crippen LogP contribution is -2.38. The fourth-order valence-electron chi connectivity index (χ4n) is 6.30. The van der Waals surface area contributed by atoms with Gasteiger partial charge in [0.2, 0.25) is 27.6 Å². The highest BCUT2D eigenvalue weighted by atomic mass is 32.2. The van der Waals surface area contributed by atoms with Crippen LogP contribution in [0.4, 0.5) is 13.2 Å². The standard InChI is InChI=1S/C32H36F3N7O4S/c1-20-6-7-24(17-23-8-13-42-27(22(23)3)38-39-30(42)32(33,34)35)36-25(20)18-41-19-31(9-10-31)46-29-26(47(41,43)44)16-21(2)28(37-29)45-15-14-40-11-4-5-12-40/h6-8,13,16H,4-5,9-12,14-15,17-19H2,1-3H3. The molecule has 3 aliphatic rings. The molecule has 47 heavy (non-hydrogen) atoms. The Labute approximate surface area is 270 Å². The molecule has 0 unspecified atom stereocenters. The SMILES string of the molecule is Cc1ccc(Cc2ccn3c(C(F)(F)F)nnc3c2C)nc1CN1CC2(CC2)Oc2nc(OCCN3CCCC3)c(C)cc2S1(=O)=O. The second-order valence-electron chi connectivity index (χ2n) is 12.8. The summed E-state index contributed by atoms with van der Waals surface area (Å²) in [6.07, 6.45) is 0.778. The van der Waals surface area contributed by atoms with Gasteiger partial charge in [-0.05, 0) is 94.4 Å². The van der Waals surface area contributed by atoms with E-state index in [1.54, 1.807) is 26.0 Å². The quantitative estimate of drug-likeness (QED) is 0.264. The first-order valence-electron chi connectivity index (χ1n) is 15.7. The smallest absolute Gasteiger partial charge is 0.452 e. The molecule has 0 atom stereocenters. The summed E-state index contributed by atoms with van der Waals surface area (Å²) in [7, 11) is -4.02. The van der Waals surface area contributed by atoms with E-state index in [0.29, 0.717) is 54.3 Å². The van der Waals surface area contributed by atoms with E-state index in [4.69, 9.17) is 14.5 Å². The number of pyridine rings is 3. The van der Waals surface area contributed by atoms with Crippen molar-refractivity contribution in [2.45, 2.75) is 76.1 Å². The monoisotopic (exact) mass is 671 g/mol. The third-order valence-electron chi connectivity index (χ3n) is 9.30. The summed E-state index contributed by atoms with van der Waals surface area (Å²) in [6.45, 7) is 8.90. The Hall–Kier alpha value is -3.82. The largest absolute Gasteiger partial charge is 0.476 e. The fourth-order valence-corrected chi connectivity index (χ4v) is 7.91. The number of likely N-dealkylation sites (tertiary alicyclic amines) is 1. The Morgan fingerprint density at radius 3 is 2.51 bits per heavy atom. The van der Waals surface area contributed by atoms with Crippen LogP contribution in [-0.2, 0) is 29.2 Å². The van der Waals surface area contributed by atoms with Crippen LogP contribution in [0.5, 0.6) is 11.8 Å². The average Bonchev–Trinajstić information content (AvgIpc) is 3.37. The Morgan fingerprint density at radius 1 is 1.02 bits per heavy atom. The Kier molecular flexibility index (Phi) is 7.91. The van der Waals surface area contributed by atoms with Crippen LogP contribution >= 0.6 is 0 Å². The van der Waals surface area contributed by atoms with Gasteiger partial charge in [0.05, 0.1) is 18.8 Å². The summed E-state index contributed by atoms with van der Waals surface area (Å²) in [5.41, 5.74) is 3.40. The van der Waals surface area contributed by atoms with Gasteiger partial charge in [0.1, 0.15) is 17.1 Å². The van der Waals surface area contributed by atoms with Crippen LogP contribution in [0.1, 0.15) is 65.1 Å². The number of aryl methyl sites for hydroxylation is 3. The average molecular weight is 672 g/mol. The van der Waals surface area contributed by atoms with E-state index in [2.05, 4.69) is 20.1 Å². The Morgan fingerprint density at radius 2 is 1.79 bits per heavy atom.